The van der Waals surface area contributed by atoms with Gasteiger partial charge in [-0.1, -0.05) is 20.2 Å². The van der Waals surface area contributed by atoms with Gasteiger partial charge >= 0.3 is 82.0 Å². The average Bonchev–Trinajstić information content (AvgIpc) is 3.63. The molecule has 5 heterocycles. The van der Waals surface area contributed by atoms with E-state index < -0.39 is 58.2 Å². The van der Waals surface area contributed by atoms with Crippen LogP contribution in [0.15, 0.2) is 82.3 Å². The zero-order valence-corrected chi connectivity index (χ0v) is 57.8. The summed E-state index contributed by atoms with van der Waals surface area (Å²) in [5.74, 6) is -3.68. The van der Waals surface area contributed by atoms with Crippen molar-refractivity contribution < 1.29 is 91.8 Å². The van der Waals surface area contributed by atoms with E-state index in [1.165, 1.54) is 33.9 Å². The van der Waals surface area contributed by atoms with Gasteiger partial charge in [-0.05, 0) is 214 Å². The molecule has 2 unspecified atom stereocenters. The second-order valence-corrected chi connectivity index (χ2v) is 26.1. The molecular weight excluding hydrogens is 1370 g/mol. The molecule has 12 nitrogen and oxygen atoms in total. The summed E-state index contributed by atoms with van der Waals surface area (Å²) in [7, 11) is 5.41. The summed E-state index contributed by atoms with van der Waals surface area (Å²) in [5, 5.41) is 16.8. The molecule has 0 radical (unpaired) electrons. The normalized spacial score (nSPS) is 18.1. The van der Waals surface area contributed by atoms with Crippen molar-refractivity contribution in [2.45, 2.75) is 188 Å². The second-order valence-electron chi connectivity index (χ2n) is 22.2. The number of rotatable bonds is 5. The van der Waals surface area contributed by atoms with Gasteiger partial charge in [0.1, 0.15) is 57.7 Å². The predicted molar refractivity (Wildman–Crippen MR) is 332 cm³/mol. The van der Waals surface area contributed by atoms with Crippen LogP contribution in [0.5, 0.6) is 0 Å². The molecule has 4 amide bonds. The Morgan fingerprint density at radius 2 is 1.27 bits per heavy atom. The van der Waals surface area contributed by atoms with Crippen LogP contribution < -0.4 is 30.7 Å². The number of aliphatic hydroxyl groups is 1. The van der Waals surface area contributed by atoms with E-state index >= 15 is 0 Å². The summed E-state index contributed by atoms with van der Waals surface area (Å²) in [6.07, 6.45) is 12.5. The van der Waals surface area contributed by atoms with E-state index in [-0.39, 0.29) is 103 Å². The molecule has 4 fully saturated rings. The van der Waals surface area contributed by atoms with Crippen molar-refractivity contribution in [2.75, 3.05) is 37.2 Å². The van der Waals surface area contributed by atoms with Crippen LogP contribution in [0, 0.1) is 46.5 Å². The minimum Gasteiger partial charge on any atom is -1.00 e. The Kier molecular flexibility index (Phi) is 38.9. The molecule has 3 N–H and O–H groups in total. The molecule has 0 saturated carbocycles. The summed E-state index contributed by atoms with van der Waals surface area (Å²) >= 11 is 2.91. The number of amides is 4. The van der Waals surface area contributed by atoms with Gasteiger partial charge < -0.3 is 26.6 Å². The number of halogens is 11. The van der Waals surface area contributed by atoms with Crippen LogP contribution in [0.4, 0.5) is 44.7 Å². The van der Waals surface area contributed by atoms with Crippen LogP contribution in [-0.4, -0.2) is 116 Å². The minimum atomic E-state index is -1.90. The molecule has 9 rings (SSSR count). The van der Waals surface area contributed by atoms with Crippen molar-refractivity contribution in [3.63, 3.8) is 0 Å². The molecule has 0 spiro atoms. The molecule has 4 saturated heterocycles. The molecule has 2 atom stereocenters. The van der Waals surface area contributed by atoms with Gasteiger partial charge in [0.05, 0.1) is 4.47 Å². The summed E-state index contributed by atoms with van der Waals surface area (Å²) < 4.78 is 122. The van der Waals surface area contributed by atoms with Gasteiger partial charge in [-0.3, -0.25) is 19.5 Å². The standard InChI is InChI=1S/C16H21F2NO3.C11H13F2N.C11H11F2N.C10H17NO3.C6H3BrF2.C5H9NO.C3H7ClI.C2H6.Mg.H/c1-15(2,3)22-14(20)19-9-5-4-8-16(19,21)12-10-11(17)6-7-13(12)18;2*12-8-4-5-10(13)9(7-8)11-3-1-2-6-14-11;1-10(2,3)14-9(13)11-7-5-4-6-8(11)12;7-5-3-4(8)1-2-6(5)9;7-5-3-1-2-4-6-5;1-2-3-5-4;1-2;;/h6-7,10,21H,4-5,8-9H2,1-3H3;4-5,7,11,14H,1-3,6H2;4-5,7H,1-3,6H2;4-7H2,1-3H3;1-3H;1-4H2,(H,6,7);2-3H2,1H3;1-2H3;;/q;;;;;;-1;;+2;-1/i;;;;;;;1D;;. The number of nitrogens with zero attached hydrogens (tertiary/aromatic N) is 3. The number of aliphatic imine (C=N–C) groups is 1. The Labute approximate surface area is 556 Å². The van der Waals surface area contributed by atoms with Gasteiger partial charge in [0.2, 0.25) is 11.8 Å². The number of hydrogen-bond acceptors (Lipinski definition) is 9. The molecule has 0 bridgehead atoms. The van der Waals surface area contributed by atoms with E-state index in [9.17, 15) is 59.4 Å². The number of benzene rings is 4. The average molecular weight is 1460 g/mol. The molecule has 0 aliphatic carbocycles. The monoisotopic (exact) mass is 1460 g/mol. The summed E-state index contributed by atoms with van der Waals surface area (Å²) in [5.41, 5.74) is -1.92. The fourth-order valence-corrected chi connectivity index (χ4v) is 10.4. The fourth-order valence-electron chi connectivity index (χ4n) is 8.72. The van der Waals surface area contributed by atoms with Crippen molar-refractivity contribution >= 4 is 77.6 Å². The molecular formula is C64H88BrClF8IMgN5O7. The molecule has 24 heteroatoms. The van der Waals surface area contributed by atoms with Crippen LogP contribution in [0.1, 0.15) is 191 Å². The summed E-state index contributed by atoms with van der Waals surface area (Å²) in [4.78, 5) is 52.0. The quantitative estimate of drug-likeness (QED) is 0.0588. The molecule has 5 aliphatic rings. The number of imide groups is 1. The Balaban J connectivity index is 0.00000105. The van der Waals surface area contributed by atoms with Crippen molar-refractivity contribution in [3.05, 3.63) is 140 Å². The second kappa shape index (κ2) is 42.8. The van der Waals surface area contributed by atoms with Crippen molar-refractivity contribution in [2.24, 2.45) is 4.99 Å². The number of hydrogen-bond donors (Lipinski definition) is 3. The topological polar surface area (TPSA) is 150 Å². The van der Waals surface area contributed by atoms with Gasteiger partial charge in [-0.2, -0.15) is 0 Å². The van der Waals surface area contributed by atoms with E-state index in [0.717, 1.165) is 150 Å². The number of likely N-dealkylation sites (tertiary alicyclic amines) is 2. The molecule has 490 valence electrons. The number of carbonyl (C=O) groups is 4. The number of carbonyl (C=O) groups excluding carboxylic acids is 4. The van der Waals surface area contributed by atoms with Crippen LogP contribution in [-0.2, 0) is 24.8 Å². The summed E-state index contributed by atoms with van der Waals surface area (Å²) in [6.45, 7) is 18.2. The maximum absolute atomic E-state index is 14.1. The third-order valence-corrected chi connectivity index (χ3v) is 15.9. The van der Waals surface area contributed by atoms with Crippen LogP contribution >= 0.6 is 24.8 Å². The Hall–Kier alpha value is -4.14. The first-order valence-electron chi connectivity index (χ1n) is 30.0. The van der Waals surface area contributed by atoms with Crippen LogP contribution in [0.2, 0.25) is 0 Å². The van der Waals surface area contributed by atoms with E-state index in [1.54, 1.807) is 48.5 Å². The summed E-state index contributed by atoms with van der Waals surface area (Å²) in [6, 6.07) is 13.2. The third kappa shape index (κ3) is 31.3. The Morgan fingerprint density at radius 3 is 1.77 bits per heavy atom. The fraction of sp³-hybridized carbons (Fsp3) is 0.547. The van der Waals surface area contributed by atoms with E-state index in [1.807, 2.05) is 0 Å². The Bertz CT molecular complexity index is 2820. The van der Waals surface area contributed by atoms with Crippen molar-refractivity contribution in [3.8, 4) is 0 Å². The van der Waals surface area contributed by atoms with E-state index in [4.69, 9.17) is 19.8 Å². The molecule has 4 aromatic carbocycles. The smallest absolute Gasteiger partial charge is 1.00 e. The van der Waals surface area contributed by atoms with Gasteiger partial charge in [-0.25, -0.2) is 49.6 Å². The van der Waals surface area contributed by atoms with Gasteiger partial charge in [0, 0.05) is 68.8 Å². The SMILES string of the molecule is CC(C)(C)OC(=O)N1CCCCC1(O)c1cc(F)ccc1F.CC(C)(C)OC(=O)N1CCCCC1=O.CCC[I-]Cl.Fc1ccc(F)c(Br)c1.Fc1ccc(F)c(C2=NCCCC2)c1.Fc1ccc(F)c(C2CCCCN2)c1.O=C1CCCCN1.[2H]CC.[H-].[Mg+2]. The van der Waals surface area contributed by atoms with Crippen molar-refractivity contribution in [1.29, 1.82) is 0 Å². The Morgan fingerprint density at radius 1 is 0.727 bits per heavy atom. The largest absolute Gasteiger partial charge is 2.00 e. The third-order valence-electron chi connectivity index (χ3n) is 12.8. The molecule has 4 aromatic rings. The van der Waals surface area contributed by atoms with E-state index in [2.05, 4.69) is 38.5 Å². The predicted octanol–water partition coefficient (Wildman–Crippen LogP) is 13.6. The first-order chi connectivity index (χ1) is 41.5. The number of piperidine rings is 4. The molecule has 0 aromatic heterocycles. The van der Waals surface area contributed by atoms with E-state index in [0.29, 0.717) is 49.5 Å². The van der Waals surface area contributed by atoms with Crippen LogP contribution in [0.25, 0.3) is 0 Å². The number of nitrogens with one attached hydrogen (secondary N) is 2. The van der Waals surface area contributed by atoms with Gasteiger partial charge in [0.15, 0.2) is 5.72 Å². The minimum absolute atomic E-state index is 0. The maximum Gasteiger partial charge on any atom is 2.00 e. The van der Waals surface area contributed by atoms with Gasteiger partial charge in [-0.15, -0.1) is 0 Å². The zero-order chi connectivity index (χ0) is 66.0. The van der Waals surface area contributed by atoms with Crippen molar-refractivity contribution in [1.82, 2.24) is 20.4 Å². The molecule has 88 heavy (non-hydrogen) atoms. The van der Waals surface area contributed by atoms with Gasteiger partial charge in [0.25, 0.3) is 0 Å². The zero-order valence-electron chi connectivity index (χ0n) is 53.9. The number of alkyl halides is 1. The first kappa shape index (κ1) is 79.9. The number of ether oxygens (including phenoxy) is 2. The van der Waals surface area contributed by atoms with Crippen LogP contribution in [0.3, 0.4) is 0 Å². The first-order valence-corrected chi connectivity index (χ1v) is 34.3. The maximum atomic E-state index is 14.1. The molecule has 5 aliphatic heterocycles.